The summed E-state index contributed by atoms with van der Waals surface area (Å²) in [6.45, 7) is 1.53. The Morgan fingerprint density at radius 1 is 1.25 bits per heavy atom. The van der Waals surface area contributed by atoms with E-state index in [1.165, 1.54) is 6.20 Å². The highest BCUT2D eigenvalue weighted by Gasteiger charge is 2.31. The van der Waals surface area contributed by atoms with Crippen LogP contribution in [-0.4, -0.2) is 89.6 Å². The van der Waals surface area contributed by atoms with Gasteiger partial charge in [-0.3, -0.25) is 4.79 Å². The van der Waals surface area contributed by atoms with Crippen LogP contribution in [0.5, 0.6) is 11.5 Å². The summed E-state index contributed by atoms with van der Waals surface area (Å²) < 4.78 is 34.3. The van der Waals surface area contributed by atoms with Gasteiger partial charge in [-0.15, -0.1) is 0 Å². The molecule has 1 aromatic carbocycles. The van der Waals surface area contributed by atoms with E-state index in [2.05, 4.69) is 5.32 Å². The predicted octanol–water partition coefficient (Wildman–Crippen LogP) is 0.821. The minimum atomic E-state index is -3.08. The zero-order valence-electron chi connectivity index (χ0n) is 19.1. The number of sulfone groups is 1. The molecule has 1 aliphatic rings. The first-order chi connectivity index (χ1) is 15.2. The highest BCUT2D eigenvalue weighted by Crippen LogP contribution is 2.27. The first-order valence-corrected chi connectivity index (χ1v) is 12.2. The molecule has 176 valence electrons. The minimum absolute atomic E-state index is 0.0383. The van der Waals surface area contributed by atoms with E-state index in [0.29, 0.717) is 44.0 Å². The summed E-state index contributed by atoms with van der Waals surface area (Å²) in [4.78, 5) is 16.4. The molecule has 0 aliphatic carbocycles. The van der Waals surface area contributed by atoms with Crippen molar-refractivity contribution in [1.82, 2.24) is 15.1 Å². The molecule has 1 N–H and O–H groups in total. The van der Waals surface area contributed by atoms with Gasteiger partial charge in [-0.1, -0.05) is 6.07 Å². The molecule has 9 nitrogen and oxygen atoms in total. The largest absolute Gasteiger partial charge is 0.493 e. The number of hydrogen-bond donors (Lipinski definition) is 1. The van der Waals surface area contributed by atoms with Gasteiger partial charge in [0.25, 0.3) is 5.91 Å². The topological polar surface area (TPSA) is 112 Å². The van der Waals surface area contributed by atoms with E-state index in [1.54, 1.807) is 20.3 Å². The number of likely N-dealkylation sites (N-methyl/N-ethyl adjacent to an activating group) is 1. The summed E-state index contributed by atoms with van der Waals surface area (Å²) in [5, 5.41) is 12.3. The molecule has 10 heteroatoms. The smallest absolute Gasteiger partial charge is 0.263 e. The lowest BCUT2D eigenvalue weighted by Crippen LogP contribution is -2.38. The number of nitriles is 1. The second-order valence-electron chi connectivity index (χ2n) is 7.95. The second-order valence-corrected chi connectivity index (χ2v) is 10.2. The lowest BCUT2D eigenvalue weighted by atomic mass is 10.1. The summed E-state index contributed by atoms with van der Waals surface area (Å²) in [6.07, 6.45) is 2.54. The maximum atomic E-state index is 12.6. The number of carbonyl (C=O) groups excluding carboxylic acids is 1. The minimum Gasteiger partial charge on any atom is -0.493 e. The van der Waals surface area contributed by atoms with Crippen molar-refractivity contribution in [3.63, 3.8) is 0 Å². The van der Waals surface area contributed by atoms with Crippen LogP contribution in [0.15, 0.2) is 30.0 Å². The lowest BCUT2D eigenvalue weighted by Gasteiger charge is -2.28. The lowest BCUT2D eigenvalue weighted by molar-refractivity contribution is -0.117. The molecular weight excluding hydrogens is 432 g/mol. The number of benzene rings is 1. The van der Waals surface area contributed by atoms with Gasteiger partial charge in [0.2, 0.25) is 0 Å². The Morgan fingerprint density at radius 2 is 1.97 bits per heavy atom. The van der Waals surface area contributed by atoms with Crippen LogP contribution in [0.2, 0.25) is 0 Å². The van der Waals surface area contributed by atoms with E-state index < -0.39 is 15.7 Å². The van der Waals surface area contributed by atoms with Crippen LogP contribution in [0, 0.1) is 11.3 Å². The third-order valence-corrected chi connectivity index (χ3v) is 7.04. The molecule has 1 fully saturated rings. The monoisotopic (exact) mass is 464 g/mol. The molecule has 1 heterocycles. The van der Waals surface area contributed by atoms with Gasteiger partial charge < -0.3 is 24.6 Å². The zero-order valence-corrected chi connectivity index (χ0v) is 19.9. The second kappa shape index (κ2) is 11.7. The number of carbonyl (C=O) groups is 1. The average Bonchev–Trinajstić information content (AvgIpc) is 3.12. The van der Waals surface area contributed by atoms with Gasteiger partial charge in [0.15, 0.2) is 21.3 Å². The maximum absolute atomic E-state index is 12.6. The van der Waals surface area contributed by atoms with Crippen molar-refractivity contribution >= 4 is 15.7 Å². The van der Waals surface area contributed by atoms with E-state index in [0.717, 1.165) is 5.56 Å². The third kappa shape index (κ3) is 7.43. The molecule has 0 spiro atoms. The Morgan fingerprint density at radius 3 is 2.53 bits per heavy atom. The fraction of sp³-hybridized carbons (Fsp3) is 0.545. The van der Waals surface area contributed by atoms with E-state index in [1.807, 2.05) is 42.1 Å². The van der Waals surface area contributed by atoms with Crippen molar-refractivity contribution < 1.29 is 22.7 Å². The fourth-order valence-electron chi connectivity index (χ4n) is 3.46. The Kier molecular flexibility index (Phi) is 9.35. The number of ether oxygens (including phenoxy) is 2. The molecule has 1 aromatic rings. The van der Waals surface area contributed by atoms with Gasteiger partial charge >= 0.3 is 0 Å². The van der Waals surface area contributed by atoms with Crippen molar-refractivity contribution in [3.8, 4) is 17.6 Å². The maximum Gasteiger partial charge on any atom is 0.263 e. The molecule has 1 unspecified atom stereocenters. The molecule has 0 bridgehead atoms. The van der Waals surface area contributed by atoms with Crippen molar-refractivity contribution in [2.45, 2.75) is 18.9 Å². The Hall–Kier alpha value is -2.77. The van der Waals surface area contributed by atoms with Crippen molar-refractivity contribution in [2.75, 3.05) is 59.5 Å². The number of amides is 1. The Labute approximate surface area is 190 Å². The number of methoxy groups -OCH3 is 2. The normalized spacial score (nSPS) is 17.6. The highest BCUT2D eigenvalue weighted by atomic mass is 32.2. The summed E-state index contributed by atoms with van der Waals surface area (Å²) in [5.41, 5.74) is 0.912. The Balaban J connectivity index is 2.04. The first kappa shape index (κ1) is 25.5. The van der Waals surface area contributed by atoms with Crippen LogP contribution >= 0.6 is 0 Å². The van der Waals surface area contributed by atoms with E-state index in [9.17, 15) is 18.5 Å². The van der Waals surface area contributed by atoms with Gasteiger partial charge in [0.1, 0.15) is 11.6 Å². The molecule has 2 rings (SSSR count). The quantitative estimate of drug-likeness (QED) is 0.378. The molecule has 1 aliphatic heterocycles. The standard InChI is InChI=1S/C22H32N4O5S/c1-25(2)10-11-26(19-8-12-32(28,29)16-19)15-18(14-23)22(27)24-9-7-17-5-6-20(30-3)21(13-17)31-4/h5-6,13,15,19H,7-12,16H2,1-4H3,(H,24,27)/b18-15-. The Bertz CT molecular complexity index is 969. The van der Waals surface area contributed by atoms with Gasteiger partial charge in [-0.2, -0.15) is 5.26 Å². The fourth-order valence-corrected chi connectivity index (χ4v) is 5.20. The molecule has 0 aromatic heterocycles. The van der Waals surface area contributed by atoms with E-state index in [-0.39, 0.29) is 23.1 Å². The first-order valence-electron chi connectivity index (χ1n) is 10.4. The molecule has 0 saturated carbocycles. The van der Waals surface area contributed by atoms with Crippen molar-refractivity contribution in [1.29, 1.82) is 5.26 Å². The van der Waals surface area contributed by atoms with Crippen molar-refractivity contribution in [3.05, 3.63) is 35.5 Å². The third-order valence-electron chi connectivity index (χ3n) is 5.29. The van der Waals surface area contributed by atoms with Crippen LogP contribution in [-0.2, 0) is 21.1 Å². The van der Waals surface area contributed by atoms with E-state index >= 15 is 0 Å². The number of nitrogens with one attached hydrogen (secondary N) is 1. The van der Waals surface area contributed by atoms with Gasteiger partial charge in [-0.05, 0) is 44.6 Å². The number of rotatable bonds is 11. The zero-order chi connectivity index (χ0) is 23.7. The average molecular weight is 465 g/mol. The molecule has 0 radical (unpaired) electrons. The van der Waals surface area contributed by atoms with Crippen LogP contribution in [0.1, 0.15) is 12.0 Å². The van der Waals surface area contributed by atoms with E-state index in [4.69, 9.17) is 9.47 Å². The summed E-state index contributed by atoms with van der Waals surface area (Å²) in [7, 11) is 3.87. The van der Waals surface area contributed by atoms with Gasteiger partial charge in [-0.25, -0.2) is 8.42 Å². The molecule has 1 amide bonds. The predicted molar refractivity (Wildman–Crippen MR) is 122 cm³/mol. The summed E-state index contributed by atoms with van der Waals surface area (Å²) in [5.74, 6) is 0.919. The van der Waals surface area contributed by atoms with Crippen LogP contribution in [0.25, 0.3) is 0 Å². The van der Waals surface area contributed by atoms with Crippen LogP contribution in [0.3, 0.4) is 0 Å². The molecule has 32 heavy (non-hydrogen) atoms. The number of nitrogens with zero attached hydrogens (tertiary/aromatic N) is 3. The molecule has 1 atom stereocenters. The summed E-state index contributed by atoms with van der Waals surface area (Å²) >= 11 is 0. The van der Waals surface area contributed by atoms with Gasteiger partial charge in [0.05, 0.1) is 25.7 Å². The van der Waals surface area contributed by atoms with Crippen LogP contribution in [0.4, 0.5) is 0 Å². The molecular formula is C22H32N4O5S. The van der Waals surface area contributed by atoms with Crippen molar-refractivity contribution in [2.24, 2.45) is 0 Å². The highest BCUT2D eigenvalue weighted by molar-refractivity contribution is 7.91. The SMILES string of the molecule is COc1ccc(CCNC(=O)/C(C#N)=C\N(CCN(C)C)C2CCS(=O)(=O)C2)cc1OC. The van der Waals surface area contributed by atoms with Gasteiger partial charge in [0, 0.05) is 31.9 Å². The summed E-state index contributed by atoms with van der Waals surface area (Å²) in [6, 6.07) is 7.25. The number of hydrogen-bond acceptors (Lipinski definition) is 8. The van der Waals surface area contributed by atoms with Crippen LogP contribution < -0.4 is 14.8 Å². The molecule has 1 saturated heterocycles.